The summed E-state index contributed by atoms with van der Waals surface area (Å²) in [5, 5.41) is 4.86. The van der Waals surface area contributed by atoms with Crippen LogP contribution in [0.25, 0.3) is 33.2 Å². The average molecular weight is 486 g/mol. The fourth-order valence-corrected chi connectivity index (χ4v) is 5.10. The molecule has 0 unspecified atom stereocenters. The Hall–Kier alpha value is -4.26. The van der Waals surface area contributed by atoms with E-state index in [-0.39, 0.29) is 5.91 Å². The molecule has 0 atom stereocenters. The summed E-state index contributed by atoms with van der Waals surface area (Å²) in [6.45, 7) is 2.18. The molecule has 7 nitrogen and oxygen atoms in total. The number of hydrogen-bond donors (Lipinski definition) is 1. The molecule has 0 fully saturated rings. The van der Waals surface area contributed by atoms with E-state index in [9.17, 15) is 4.79 Å². The van der Waals surface area contributed by atoms with E-state index >= 15 is 0 Å². The minimum absolute atomic E-state index is 0.143. The number of aromatic nitrogens is 1. The number of carbonyl (C=O) groups is 1. The maximum Gasteiger partial charge on any atom is 0.304 e. The summed E-state index contributed by atoms with van der Waals surface area (Å²) in [6, 6.07) is 18.2. The van der Waals surface area contributed by atoms with Gasteiger partial charge < -0.3 is 18.9 Å². The second kappa shape index (κ2) is 9.41. The van der Waals surface area contributed by atoms with Gasteiger partial charge in [-0.25, -0.2) is 14.7 Å². The molecule has 1 aliphatic rings. The Balaban J connectivity index is 1.86. The zero-order chi connectivity index (χ0) is 25.4. The van der Waals surface area contributed by atoms with Gasteiger partial charge in [-0.1, -0.05) is 30.3 Å². The van der Waals surface area contributed by atoms with Crippen LogP contribution in [0.1, 0.15) is 12.5 Å². The van der Waals surface area contributed by atoms with Crippen LogP contribution in [0.3, 0.4) is 0 Å². The van der Waals surface area contributed by atoms with E-state index in [4.69, 9.17) is 18.9 Å². The van der Waals surface area contributed by atoms with Gasteiger partial charge in [0.2, 0.25) is 0 Å². The smallest absolute Gasteiger partial charge is 0.304 e. The van der Waals surface area contributed by atoms with Crippen molar-refractivity contribution in [3.8, 4) is 45.4 Å². The van der Waals surface area contributed by atoms with Crippen LogP contribution in [0.15, 0.2) is 54.6 Å². The number of nitrogens with one attached hydrogen (secondary N) is 1. The van der Waals surface area contributed by atoms with Crippen LogP contribution in [-0.4, -0.2) is 34.3 Å². The Kier molecular flexibility index (Phi) is 6.14. The first kappa shape index (κ1) is 23.5. The van der Waals surface area contributed by atoms with Crippen LogP contribution in [-0.2, 0) is 17.8 Å². The average Bonchev–Trinajstić information content (AvgIpc) is 2.91. The summed E-state index contributed by atoms with van der Waals surface area (Å²) in [7, 11) is 6.57. The van der Waals surface area contributed by atoms with Crippen LogP contribution < -0.4 is 28.8 Å². The van der Waals surface area contributed by atoms with Crippen molar-refractivity contribution in [3.63, 3.8) is 0 Å². The number of anilines is 1. The van der Waals surface area contributed by atoms with E-state index in [0.29, 0.717) is 30.2 Å². The van der Waals surface area contributed by atoms with Gasteiger partial charge in [0.05, 0.1) is 40.4 Å². The van der Waals surface area contributed by atoms with Gasteiger partial charge in [0.25, 0.3) is 5.82 Å². The molecule has 4 aromatic rings. The topological polar surface area (TPSA) is 69.9 Å². The summed E-state index contributed by atoms with van der Waals surface area (Å²) in [5.74, 6) is 3.25. The fourth-order valence-electron chi connectivity index (χ4n) is 5.10. The van der Waals surface area contributed by atoms with Gasteiger partial charge in [-0.05, 0) is 29.1 Å². The summed E-state index contributed by atoms with van der Waals surface area (Å²) in [6.07, 6.45) is 0.715. The molecule has 1 N–H and O–H groups in total. The summed E-state index contributed by atoms with van der Waals surface area (Å²) >= 11 is 0. The van der Waals surface area contributed by atoms with Crippen LogP contribution in [0, 0.1) is 0 Å². The number of amides is 1. The van der Waals surface area contributed by atoms with Crippen molar-refractivity contribution in [2.75, 3.05) is 33.8 Å². The molecule has 0 bridgehead atoms. The fraction of sp³-hybridized carbons (Fsp3) is 0.241. The van der Waals surface area contributed by atoms with E-state index < -0.39 is 0 Å². The number of hydrogen-bond acceptors (Lipinski definition) is 5. The van der Waals surface area contributed by atoms with Crippen molar-refractivity contribution in [3.05, 3.63) is 60.2 Å². The molecule has 0 saturated heterocycles. The van der Waals surface area contributed by atoms with Crippen molar-refractivity contribution < 1.29 is 28.3 Å². The lowest BCUT2D eigenvalue weighted by atomic mass is 9.90. The number of pyridine rings is 1. The van der Waals surface area contributed by atoms with Crippen molar-refractivity contribution in [2.45, 2.75) is 19.9 Å². The quantitative estimate of drug-likeness (QED) is 0.389. The molecule has 2 heterocycles. The third kappa shape index (κ3) is 3.77. The molecule has 1 aliphatic heterocycles. The van der Waals surface area contributed by atoms with E-state index in [1.54, 1.807) is 28.4 Å². The molecule has 0 radical (unpaired) electrons. The van der Waals surface area contributed by atoms with Gasteiger partial charge in [0.1, 0.15) is 5.69 Å². The molecule has 0 aliphatic carbocycles. The van der Waals surface area contributed by atoms with Crippen LogP contribution in [0.2, 0.25) is 0 Å². The largest absolute Gasteiger partial charge is 0.493 e. The molecule has 3 aromatic carbocycles. The first-order valence-electron chi connectivity index (χ1n) is 11.7. The minimum Gasteiger partial charge on any atom is -0.493 e. The molecule has 36 heavy (non-hydrogen) atoms. The molecule has 1 aromatic heterocycles. The molecule has 1 amide bonds. The molecular weight excluding hydrogens is 456 g/mol. The number of nitrogens with zero attached hydrogens (tertiary/aromatic N) is 1. The second-order valence-electron chi connectivity index (χ2n) is 8.64. The number of methoxy groups -OCH3 is 4. The van der Waals surface area contributed by atoms with Gasteiger partial charge >= 0.3 is 5.91 Å². The van der Waals surface area contributed by atoms with Crippen molar-refractivity contribution in [2.24, 2.45) is 0 Å². The Morgan fingerprint density at radius 1 is 0.833 bits per heavy atom. The second-order valence-corrected chi connectivity index (χ2v) is 8.64. The standard InChI is InChI=1S/C29H28N2O5/c1-17(32)30-29-22-16-26(34-3)25(33-2)14-19(22)13-24-23-15-21(18-9-7-6-8-10-18)28(36-5)27(35-4)20(23)11-12-31(24)29/h6-10,13-16H,11-12H2,1-5H3/p+1. The molecule has 7 heteroatoms. The van der Waals surface area contributed by atoms with Gasteiger partial charge in [-0.15, -0.1) is 0 Å². The normalized spacial score (nSPS) is 11.9. The third-order valence-corrected chi connectivity index (χ3v) is 6.65. The highest BCUT2D eigenvalue weighted by atomic mass is 16.5. The predicted octanol–water partition coefficient (Wildman–Crippen LogP) is 5.01. The van der Waals surface area contributed by atoms with Gasteiger partial charge in [-0.2, -0.15) is 0 Å². The first-order valence-corrected chi connectivity index (χ1v) is 11.7. The summed E-state index contributed by atoms with van der Waals surface area (Å²) in [5.41, 5.74) is 5.04. The number of carbonyl (C=O) groups excluding carboxylic acids is 1. The van der Waals surface area contributed by atoms with E-state index in [0.717, 1.165) is 50.3 Å². The van der Waals surface area contributed by atoms with Crippen LogP contribution in [0.5, 0.6) is 23.0 Å². The van der Waals surface area contributed by atoms with Gasteiger partial charge in [-0.3, -0.25) is 0 Å². The van der Waals surface area contributed by atoms with Crippen LogP contribution >= 0.6 is 0 Å². The third-order valence-electron chi connectivity index (χ3n) is 6.65. The zero-order valence-electron chi connectivity index (χ0n) is 21.1. The number of rotatable bonds is 6. The number of ether oxygens (including phenoxy) is 4. The van der Waals surface area contributed by atoms with E-state index in [1.807, 2.05) is 30.3 Å². The maximum atomic E-state index is 12.3. The van der Waals surface area contributed by atoms with Crippen molar-refractivity contribution in [1.82, 2.24) is 0 Å². The Bertz CT molecular complexity index is 1480. The minimum atomic E-state index is -0.143. The molecular formula is C29H29N2O5+. The highest BCUT2D eigenvalue weighted by Crippen LogP contribution is 2.47. The molecule has 184 valence electrons. The van der Waals surface area contributed by atoms with E-state index in [2.05, 4.69) is 34.1 Å². The predicted molar refractivity (Wildman–Crippen MR) is 139 cm³/mol. The Morgan fingerprint density at radius 2 is 1.53 bits per heavy atom. The number of fused-ring (bicyclic) bond motifs is 4. The lowest BCUT2D eigenvalue weighted by Gasteiger charge is -2.25. The summed E-state index contributed by atoms with van der Waals surface area (Å²) in [4.78, 5) is 12.3. The van der Waals surface area contributed by atoms with Crippen LogP contribution in [0.4, 0.5) is 5.82 Å². The van der Waals surface area contributed by atoms with Crippen molar-refractivity contribution in [1.29, 1.82) is 0 Å². The number of benzene rings is 3. The zero-order valence-corrected chi connectivity index (χ0v) is 21.1. The van der Waals surface area contributed by atoms with E-state index in [1.165, 1.54) is 6.92 Å². The summed E-state index contributed by atoms with van der Waals surface area (Å²) < 4.78 is 25.0. The maximum absolute atomic E-state index is 12.3. The lowest BCUT2D eigenvalue weighted by Crippen LogP contribution is -2.44. The van der Waals surface area contributed by atoms with Gasteiger partial charge in [0, 0.05) is 36.1 Å². The van der Waals surface area contributed by atoms with Gasteiger partial charge in [0.15, 0.2) is 23.0 Å². The Labute approximate surface area is 210 Å². The molecule has 5 rings (SSSR count). The monoisotopic (exact) mass is 485 g/mol. The highest BCUT2D eigenvalue weighted by Gasteiger charge is 2.32. The van der Waals surface area contributed by atoms with Crippen molar-refractivity contribution >= 4 is 22.5 Å². The first-order chi connectivity index (χ1) is 17.5. The highest BCUT2D eigenvalue weighted by molar-refractivity contribution is 6.01. The molecule has 0 spiro atoms. The molecule has 0 saturated carbocycles. The lowest BCUT2D eigenvalue weighted by molar-refractivity contribution is -0.672. The SMILES string of the molecule is COc1cc2cc3[n+](c(NC(C)=O)c2cc1OC)CCc1c-3cc(-c2ccccc2)c(OC)c1OC. The Morgan fingerprint density at radius 3 is 2.17 bits per heavy atom.